The molecule has 0 amide bonds. The van der Waals surface area contributed by atoms with Crippen LogP contribution >= 0.6 is 11.6 Å². The Labute approximate surface area is 248 Å². The van der Waals surface area contributed by atoms with Gasteiger partial charge >= 0.3 is 0 Å². The molecule has 7 nitrogen and oxygen atoms in total. The summed E-state index contributed by atoms with van der Waals surface area (Å²) in [6, 6.07) is 11.0. The number of ether oxygens (including phenoxy) is 1. The van der Waals surface area contributed by atoms with Crippen LogP contribution in [-0.4, -0.2) is 58.1 Å². The number of hydrogen-bond donors (Lipinski definition) is 0. The van der Waals surface area contributed by atoms with Gasteiger partial charge in [-0.1, -0.05) is 29.8 Å². The molecule has 3 fully saturated rings. The van der Waals surface area contributed by atoms with Gasteiger partial charge in [0.2, 0.25) is 5.95 Å². The van der Waals surface area contributed by atoms with Crippen LogP contribution in [0.4, 0.5) is 24.7 Å². The molecule has 2 atom stereocenters. The Kier molecular flexibility index (Phi) is 7.78. The highest BCUT2D eigenvalue weighted by molar-refractivity contribution is 7.92. The summed E-state index contributed by atoms with van der Waals surface area (Å²) >= 11 is 6.47. The number of halogens is 4. The monoisotopic (exact) mass is 620 g/mol. The summed E-state index contributed by atoms with van der Waals surface area (Å²) in [5.41, 5.74) is 0.682. The van der Waals surface area contributed by atoms with Crippen molar-refractivity contribution in [1.82, 2.24) is 9.88 Å². The molecular formula is C30H32ClF3N4O3S. The molecule has 1 saturated carbocycles. The summed E-state index contributed by atoms with van der Waals surface area (Å²) in [6.45, 7) is 4.11. The number of pyridine rings is 1. The van der Waals surface area contributed by atoms with Crippen molar-refractivity contribution >= 4 is 33.1 Å². The molecule has 0 radical (unpaired) electrons. The van der Waals surface area contributed by atoms with Crippen LogP contribution in [-0.2, 0) is 16.6 Å². The van der Waals surface area contributed by atoms with Crippen LogP contribution in [0.2, 0.25) is 5.02 Å². The minimum Gasteiger partial charge on any atom is -0.497 e. The third kappa shape index (κ3) is 5.20. The molecule has 2 aromatic carbocycles. The normalized spacial score (nSPS) is 22.2. The van der Waals surface area contributed by atoms with Gasteiger partial charge in [0.25, 0.3) is 10.0 Å². The molecule has 1 aliphatic carbocycles. The second-order valence-electron chi connectivity index (χ2n) is 11.4. The molecule has 12 heteroatoms. The van der Waals surface area contributed by atoms with Crippen LogP contribution in [0.15, 0.2) is 53.4 Å². The highest BCUT2D eigenvalue weighted by Crippen LogP contribution is 2.54. The van der Waals surface area contributed by atoms with E-state index >= 15 is 8.78 Å². The van der Waals surface area contributed by atoms with Crippen LogP contribution in [0.5, 0.6) is 5.75 Å². The first-order valence-corrected chi connectivity index (χ1v) is 15.9. The minimum absolute atomic E-state index is 0.0782. The van der Waals surface area contributed by atoms with Gasteiger partial charge in [-0.2, -0.15) is 4.39 Å². The van der Waals surface area contributed by atoms with Gasteiger partial charge in [-0.15, -0.1) is 0 Å². The van der Waals surface area contributed by atoms with Crippen LogP contribution in [0, 0.1) is 28.9 Å². The number of hydrogen-bond acceptors (Lipinski definition) is 6. The number of aromatic nitrogens is 1. The van der Waals surface area contributed by atoms with E-state index in [9.17, 15) is 12.8 Å². The molecule has 1 spiro atoms. The fourth-order valence-electron chi connectivity index (χ4n) is 6.42. The largest absolute Gasteiger partial charge is 0.497 e. The average Bonchev–Trinajstić information content (AvgIpc) is 3.40. The van der Waals surface area contributed by atoms with Gasteiger partial charge in [0.1, 0.15) is 22.4 Å². The Morgan fingerprint density at radius 2 is 1.86 bits per heavy atom. The zero-order valence-corrected chi connectivity index (χ0v) is 24.8. The van der Waals surface area contributed by atoms with Crippen LogP contribution in [0.3, 0.4) is 0 Å². The molecule has 1 unspecified atom stereocenters. The Morgan fingerprint density at radius 3 is 2.48 bits per heavy atom. The van der Waals surface area contributed by atoms with Gasteiger partial charge in [0.05, 0.1) is 19.3 Å². The van der Waals surface area contributed by atoms with Gasteiger partial charge < -0.3 is 14.5 Å². The van der Waals surface area contributed by atoms with E-state index < -0.39 is 37.5 Å². The van der Waals surface area contributed by atoms with Crippen molar-refractivity contribution in [1.29, 1.82) is 0 Å². The van der Waals surface area contributed by atoms with Crippen molar-refractivity contribution in [2.24, 2.45) is 11.3 Å². The number of likely N-dealkylation sites (tertiary alicyclic amines) is 1. The maximum Gasteiger partial charge on any atom is 0.271 e. The lowest BCUT2D eigenvalue weighted by Gasteiger charge is -2.50. The molecule has 6 rings (SSSR count). The minimum atomic E-state index is -4.93. The van der Waals surface area contributed by atoms with Gasteiger partial charge in [-0.05, 0) is 79.9 Å². The standard InChI is InChI=1S/C30H32ClF3N4O3S/c1-41-22-8-6-20(7-9-22)17-38(26-5-2-4-25(33)35-26)42(39,40)29-23(32)16-24(27(31)28(29)34)37-15-12-30(19-37)11-10-21(30)18-36-13-3-14-36/h2,4-9,16,21H,3,10-15,17-19H2,1H3/t21?,30-/m0/s1. The van der Waals surface area contributed by atoms with E-state index in [0.29, 0.717) is 34.6 Å². The zero-order valence-electron chi connectivity index (χ0n) is 23.2. The van der Waals surface area contributed by atoms with Gasteiger partial charge in [0.15, 0.2) is 10.7 Å². The first-order valence-electron chi connectivity index (χ1n) is 14.0. The number of methoxy groups -OCH3 is 1. The van der Waals surface area contributed by atoms with Crippen LogP contribution < -0.4 is 13.9 Å². The van der Waals surface area contributed by atoms with Gasteiger partial charge in [-0.3, -0.25) is 0 Å². The number of rotatable bonds is 9. The lowest BCUT2D eigenvalue weighted by molar-refractivity contribution is 0.00573. The Balaban J connectivity index is 1.32. The third-order valence-corrected chi connectivity index (χ3v) is 11.2. The highest BCUT2D eigenvalue weighted by atomic mass is 35.5. The lowest BCUT2D eigenvalue weighted by atomic mass is 9.59. The topological polar surface area (TPSA) is 66.0 Å². The molecule has 0 N–H and O–H groups in total. The summed E-state index contributed by atoms with van der Waals surface area (Å²) in [4.78, 5) is 6.81. The molecular weight excluding hydrogens is 589 g/mol. The second-order valence-corrected chi connectivity index (χ2v) is 13.6. The predicted octanol–water partition coefficient (Wildman–Crippen LogP) is 5.87. The first-order chi connectivity index (χ1) is 20.1. The van der Waals surface area contributed by atoms with E-state index in [1.165, 1.54) is 25.7 Å². The molecule has 42 heavy (non-hydrogen) atoms. The van der Waals surface area contributed by atoms with E-state index in [0.717, 1.165) is 51.0 Å². The summed E-state index contributed by atoms with van der Waals surface area (Å²) in [5.74, 6) is -2.85. The summed E-state index contributed by atoms with van der Waals surface area (Å²) in [5, 5.41) is -0.456. The fraction of sp³-hybridized carbons (Fsp3) is 0.433. The van der Waals surface area contributed by atoms with Gasteiger partial charge in [0, 0.05) is 25.7 Å². The molecule has 3 heterocycles. The van der Waals surface area contributed by atoms with Gasteiger partial charge in [-0.25, -0.2) is 26.5 Å². The predicted molar refractivity (Wildman–Crippen MR) is 155 cm³/mol. The summed E-state index contributed by atoms with van der Waals surface area (Å²) in [7, 11) is -3.44. The number of nitrogens with zero attached hydrogens (tertiary/aromatic N) is 4. The maximum atomic E-state index is 15.9. The van der Waals surface area contributed by atoms with E-state index in [1.54, 1.807) is 24.3 Å². The maximum absolute atomic E-state index is 15.9. The van der Waals surface area contributed by atoms with E-state index in [2.05, 4.69) is 9.88 Å². The van der Waals surface area contributed by atoms with E-state index in [1.807, 2.05) is 4.90 Å². The number of anilines is 2. The third-order valence-electron chi connectivity index (χ3n) is 9.10. The first kappa shape index (κ1) is 29.1. The molecule has 3 aromatic rings. The number of benzene rings is 2. The van der Waals surface area contributed by atoms with E-state index in [-0.39, 0.29) is 23.5 Å². The molecule has 0 bridgehead atoms. The molecule has 224 valence electrons. The Morgan fingerprint density at radius 1 is 1.10 bits per heavy atom. The molecule has 2 saturated heterocycles. The van der Waals surface area contributed by atoms with Crippen molar-refractivity contribution in [3.63, 3.8) is 0 Å². The van der Waals surface area contributed by atoms with Crippen molar-refractivity contribution < 1.29 is 26.3 Å². The molecule has 2 aliphatic heterocycles. The fourth-order valence-corrected chi connectivity index (χ4v) is 8.27. The second kappa shape index (κ2) is 11.2. The molecule has 3 aliphatic rings. The highest BCUT2D eigenvalue weighted by Gasteiger charge is 2.51. The van der Waals surface area contributed by atoms with Crippen LogP contribution in [0.25, 0.3) is 0 Å². The number of sulfonamides is 1. The van der Waals surface area contributed by atoms with Crippen molar-refractivity contribution in [3.05, 3.63) is 76.7 Å². The Bertz CT molecular complexity index is 1590. The van der Waals surface area contributed by atoms with E-state index in [4.69, 9.17) is 16.3 Å². The average molecular weight is 621 g/mol. The van der Waals surface area contributed by atoms with Crippen molar-refractivity contribution in [2.75, 3.05) is 49.0 Å². The summed E-state index contributed by atoms with van der Waals surface area (Å²) in [6.07, 6.45) is 4.31. The molecule has 1 aromatic heterocycles. The van der Waals surface area contributed by atoms with Crippen molar-refractivity contribution in [2.45, 2.75) is 37.1 Å². The van der Waals surface area contributed by atoms with Crippen LogP contribution in [0.1, 0.15) is 31.2 Å². The lowest BCUT2D eigenvalue weighted by Crippen LogP contribution is -2.51. The van der Waals surface area contributed by atoms with Crippen molar-refractivity contribution in [3.8, 4) is 5.75 Å². The summed E-state index contributed by atoms with van der Waals surface area (Å²) < 4.78 is 79.5. The SMILES string of the molecule is COc1ccc(CN(c2cccc(F)n2)S(=O)(=O)c2c(F)cc(N3CC[C@@]4(CCC4CN4CCC4)C3)c(Cl)c2F)cc1. The zero-order chi connectivity index (χ0) is 29.6. The smallest absolute Gasteiger partial charge is 0.271 e. The quantitative estimate of drug-likeness (QED) is 0.220. The Hall–Kier alpha value is -3.02.